The molecule has 0 bridgehead atoms. The number of hydrogen-bond donors (Lipinski definition) is 2. The zero-order chi connectivity index (χ0) is 7.66. The third-order valence-electron chi connectivity index (χ3n) is 1.23. The minimum Gasteiger partial charge on any atom is -0.371 e. The van der Waals surface area contributed by atoms with Crippen LogP contribution in [0.25, 0.3) is 0 Å². The van der Waals surface area contributed by atoms with Crippen molar-refractivity contribution in [1.29, 1.82) is 0 Å². The van der Waals surface area contributed by atoms with E-state index in [-0.39, 0.29) is 6.79 Å². The summed E-state index contributed by atoms with van der Waals surface area (Å²) in [5, 5.41) is 11.4. The van der Waals surface area contributed by atoms with Gasteiger partial charge in [-0.05, 0) is 25.9 Å². The summed E-state index contributed by atoms with van der Waals surface area (Å²) in [6.07, 6.45) is 2.14. The Bertz CT molecular complexity index is 51.6. The highest BCUT2D eigenvalue weighted by Gasteiger charge is 1.86. The van der Waals surface area contributed by atoms with Gasteiger partial charge in [0.05, 0.1) is 0 Å². The number of aliphatic hydroxyl groups is 1. The molecule has 3 nitrogen and oxygen atoms in total. The fraction of sp³-hybridized carbons (Fsp3) is 1.00. The van der Waals surface area contributed by atoms with E-state index < -0.39 is 0 Å². The van der Waals surface area contributed by atoms with Crippen LogP contribution >= 0.6 is 0 Å². The largest absolute Gasteiger partial charge is 0.371 e. The first kappa shape index (κ1) is 9.88. The molecule has 10 heavy (non-hydrogen) atoms. The molecule has 0 rings (SSSR count). The number of hydrogen-bond acceptors (Lipinski definition) is 3. The Hall–Kier alpha value is -0.120. The van der Waals surface area contributed by atoms with E-state index in [1.54, 1.807) is 0 Å². The maximum atomic E-state index is 8.23. The summed E-state index contributed by atoms with van der Waals surface area (Å²) in [6, 6.07) is 0. The first-order chi connectivity index (χ1) is 4.91. The predicted molar refractivity (Wildman–Crippen MR) is 40.8 cm³/mol. The van der Waals surface area contributed by atoms with Crippen LogP contribution in [0.2, 0.25) is 0 Å². The van der Waals surface area contributed by atoms with Crippen molar-refractivity contribution in [3.63, 3.8) is 0 Å². The standard InChI is InChI=1S/C7H17NO2/c1-2-8-5-3-4-6-10-7-9/h8-9H,2-7H2,1H3. The zero-order valence-corrected chi connectivity index (χ0v) is 6.60. The molecule has 62 valence electrons. The number of unbranched alkanes of at least 4 members (excludes halogenated alkanes) is 1. The molecule has 0 spiro atoms. The fourth-order valence-corrected chi connectivity index (χ4v) is 0.695. The van der Waals surface area contributed by atoms with E-state index in [0.717, 1.165) is 25.9 Å². The predicted octanol–water partition coefficient (Wildman–Crippen LogP) is 0.343. The monoisotopic (exact) mass is 147 g/mol. The second-order valence-electron chi connectivity index (χ2n) is 2.10. The van der Waals surface area contributed by atoms with Gasteiger partial charge in [-0.2, -0.15) is 0 Å². The molecule has 0 atom stereocenters. The van der Waals surface area contributed by atoms with Gasteiger partial charge in [-0.1, -0.05) is 6.92 Å². The van der Waals surface area contributed by atoms with E-state index in [9.17, 15) is 0 Å². The van der Waals surface area contributed by atoms with Gasteiger partial charge in [-0.3, -0.25) is 0 Å². The molecular weight excluding hydrogens is 130 g/mol. The molecule has 0 amide bonds. The van der Waals surface area contributed by atoms with Crippen LogP contribution in [0.3, 0.4) is 0 Å². The van der Waals surface area contributed by atoms with Crippen molar-refractivity contribution in [2.45, 2.75) is 19.8 Å². The number of aliphatic hydroxyl groups excluding tert-OH is 1. The van der Waals surface area contributed by atoms with Crippen molar-refractivity contribution in [2.24, 2.45) is 0 Å². The highest BCUT2D eigenvalue weighted by Crippen LogP contribution is 1.86. The van der Waals surface area contributed by atoms with Crippen LogP contribution < -0.4 is 5.32 Å². The van der Waals surface area contributed by atoms with Crippen molar-refractivity contribution in [3.8, 4) is 0 Å². The minimum atomic E-state index is -0.152. The third-order valence-corrected chi connectivity index (χ3v) is 1.23. The van der Waals surface area contributed by atoms with Gasteiger partial charge in [-0.15, -0.1) is 0 Å². The molecule has 2 N–H and O–H groups in total. The van der Waals surface area contributed by atoms with Gasteiger partial charge in [0.2, 0.25) is 0 Å². The highest BCUT2D eigenvalue weighted by molar-refractivity contribution is 4.43. The lowest BCUT2D eigenvalue weighted by molar-refractivity contribution is -0.00263. The van der Waals surface area contributed by atoms with E-state index in [4.69, 9.17) is 9.84 Å². The molecule has 0 radical (unpaired) electrons. The summed E-state index contributed by atoms with van der Waals surface area (Å²) < 4.78 is 4.74. The van der Waals surface area contributed by atoms with E-state index in [0.29, 0.717) is 6.61 Å². The first-order valence-electron chi connectivity index (χ1n) is 3.81. The molecule has 0 aliphatic carbocycles. The summed E-state index contributed by atoms with van der Waals surface area (Å²) in [6.45, 7) is 4.68. The molecule has 0 unspecified atom stereocenters. The van der Waals surface area contributed by atoms with Gasteiger partial charge in [0, 0.05) is 6.61 Å². The number of ether oxygens (including phenoxy) is 1. The molecule has 0 saturated heterocycles. The molecule has 0 saturated carbocycles. The summed E-state index contributed by atoms with van der Waals surface area (Å²) in [7, 11) is 0. The fourth-order valence-electron chi connectivity index (χ4n) is 0.695. The van der Waals surface area contributed by atoms with Gasteiger partial charge >= 0.3 is 0 Å². The summed E-state index contributed by atoms with van der Waals surface area (Å²) in [5.74, 6) is 0. The van der Waals surface area contributed by atoms with Crippen molar-refractivity contribution < 1.29 is 9.84 Å². The third kappa shape index (κ3) is 7.88. The van der Waals surface area contributed by atoms with Gasteiger partial charge in [0.15, 0.2) is 0 Å². The minimum absolute atomic E-state index is 0.152. The van der Waals surface area contributed by atoms with E-state index in [1.807, 2.05) is 0 Å². The molecule has 0 fully saturated rings. The van der Waals surface area contributed by atoms with E-state index in [1.165, 1.54) is 0 Å². The topological polar surface area (TPSA) is 41.5 Å². The zero-order valence-electron chi connectivity index (χ0n) is 6.60. The molecule has 0 aliphatic heterocycles. The lowest BCUT2D eigenvalue weighted by Gasteiger charge is -2.00. The normalized spacial score (nSPS) is 10.2. The van der Waals surface area contributed by atoms with Gasteiger partial charge in [0.25, 0.3) is 0 Å². The molecular formula is C7H17NO2. The first-order valence-corrected chi connectivity index (χ1v) is 3.81. The maximum Gasteiger partial charge on any atom is 0.143 e. The molecule has 0 heterocycles. The van der Waals surface area contributed by atoms with Crippen molar-refractivity contribution >= 4 is 0 Å². The SMILES string of the molecule is CCNCCCCOCO. The quantitative estimate of drug-likeness (QED) is 0.403. The maximum absolute atomic E-state index is 8.23. The van der Waals surface area contributed by atoms with Crippen molar-refractivity contribution in [3.05, 3.63) is 0 Å². The Morgan fingerprint density at radius 1 is 1.40 bits per heavy atom. The van der Waals surface area contributed by atoms with E-state index in [2.05, 4.69) is 12.2 Å². The van der Waals surface area contributed by atoms with Crippen LogP contribution in [-0.4, -0.2) is 31.6 Å². The smallest absolute Gasteiger partial charge is 0.143 e. The van der Waals surface area contributed by atoms with Crippen LogP contribution in [0, 0.1) is 0 Å². The molecule has 0 aromatic rings. The molecule has 0 aromatic carbocycles. The van der Waals surface area contributed by atoms with Crippen LogP contribution in [0.4, 0.5) is 0 Å². The lowest BCUT2D eigenvalue weighted by atomic mass is 10.3. The van der Waals surface area contributed by atoms with Crippen LogP contribution in [0.1, 0.15) is 19.8 Å². The number of rotatable bonds is 7. The summed E-state index contributed by atoms with van der Waals surface area (Å²) >= 11 is 0. The Morgan fingerprint density at radius 3 is 2.80 bits per heavy atom. The van der Waals surface area contributed by atoms with Gasteiger partial charge in [-0.25, -0.2) is 0 Å². The van der Waals surface area contributed by atoms with Crippen LogP contribution in [0.5, 0.6) is 0 Å². The van der Waals surface area contributed by atoms with Gasteiger partial charge < -0.3 is 15.2 Å². The van der Waals surface area contributed by atoms with Crippen LogP contribution in [0.15, 0.2) is 0 Å². The Morgan fingerprint density at radius 2 is 2.20 bits per heavy atom. The van der Waals surface area contributed by atoms with Crippen molar-refractivity contribution in [2.75, 3.05) is 26.5 Å². The molecule has 3 heteroatoms. The molecule has 0 aliphatic rings. The number of nitrogens with one attached hydrogen (secondary N) is 1. The van der Waals surface area contributed by atoms with Crippen molar-refractivity contribution in [1.82, 2.24) is 5.32 Å². The second-order valence-corrected chi connectivity index (χ2v) is 2.10. The Kier molecular flexibility index (Phi) is 8.77. The second kappa shape index (κ2) is 8.88. The van der Waals surface area contributed by atoms with Crippen LogP contribution in [-0.2, 0) is 4.74 Å². The summed E-state index contributed by atoms with van der Waals surface area (Å²) in [4.78, 5) is 0. The Labute approximate surface area is 62.4 Å². The molecule has 0 aromatic heterocycles. The highest BCUT2D eigenvalue weighted by atomic mass is 16.6. The average Bonchev–Trinajstić information content (AvgIpc) is 1.97. The van der Waals surface area contributed by atoms with Gasteiger partial charge in [0.1, 0.15) is 6.79 Å². The summed E-state index contributed by atoms with van der Waals surface area (Å²) in [5.41, 5.74) is 0. The average molecular weight is 147 g/mol. The lowest BCUT2D eigenvalue weighted by Crippen LogP contribution is -2.14. The Balaban J connectivity index is 2.65. The van der Waals surface area contributed by atoms with E-state index >= 15 is 0 Å².